The van der Waals surface area contributed by atoms with E-state index in [4.69, 9.17) is 23.2 Å². The second-order valence-electron chi connectivity index (χ2n) is 11.4. The number of carbonyl (C=O) groups is 1. The molecule has 0 radical (unpaired) electrons. The fraction of sp³-hybridized carbons (Fsp3) is 0.731. The van der Waals surface area contributed by atoms with Crippen LogP contribution in [0.25, 0.3) is 0 Å². The lowest BCUT2D eigenvalue weighted by atomic mass is 9.44. The first kappa shape index (κ1) is 21.1. The van der Waals surface area contributed by atoms with Gasteiger partial charge in [0.15, 0.2) is 0 Å². The third-order valence-corrected chi connectivity index (χ3v) is 10.7. The van der Waals surface area contributed by atoms with E-state index >= 15 is 0 Å². The molecule has 1 aromatic rings. The lowest BCUT2D eigenvalue weighted by molar-refractivity contribution is -0.165. The van der Waals surface area contributed by atoms with Crippen molar-refractivity contribution in [2.45, 2.75) is 77.7 Å². The van der Waals surface area contributed by atoms with Crippen LogP contribution in [0.4, 0.5) is 0 Å². The molecule has 4 heteroatoms. The number of amides is 1. The van der Waals surface area contributed by atoms with Crippen molar-refractivity contribution in [1.29, 1.82) is 0 Å². The Morgan fingerprint density at radius 1 is 0.967 bits per heavy atom. The van der Waals surface area contributed by atoms with Crippen molar-refractivity contribution in [3.05, 3.63) is 33.8 Å². The van der Waals surface area contributed by atoms with Crippen molar-refractivity contribution < 1.29 is 4.79 Å². The molecule has 1 saturated heterocycles. The topological polar surface area (TPSA) is 20.3 Å². The van der Waals surface area contributed by atoms with Gasteiger partial charge in [-0.05, 0) is 103 Å². The fourth-order valence-electron chi connectivity index (χ4n) is 8.79. The van der Waals surface area contributed by atoms with Crippen LogP contribution in [-0.4, -0.2) is 23.9 Å². The van der Waals surface area contributed by atoms with E-state index in [-0.39, 0.29) is 5.41 Å². The average Bonchev–Trinajstić information content (AvgIpc) is 3.03. The molecule has 2 nitrogen and oxygen atoms in total. The van der Waals surface area contributed by atoms with E-state index in [1.54, 1.807) is 0 Å². The van der Waals surface area contributed by atoms with Gasteiger partial charge in [0.1, 0.15) is 0 Å². The quantitative estimate of drug-likeness (QED) is 0.445. The van der Waals surface area contributed by atoms with Gasteiger partial charge < -0.3 is 4.90 Å². The van der Waals surface area contributed by atoms with Crippen molar-refractivity contribution in [3.63, 3.8) is 0 Å². The van der Waals surface area contributed by atoms with Gasteiger partial charge in [-0.2, -0.15) is 0 Å². The van der Waals surface area contributed by atoms with Gasteiger partial charge >= 0.3 is 0 Å². The first-order chi connectivity index (χ1) is 14.1. The minimum atomic E-state index is 0.276. The molecule has 4 aliphatic rings. The zero-order valence-electron chi connectivity index (χ0n) is 18.8. The van der Waals surface area contributed by atoms with Crippen molar-refractivity contribution >= 4 is 29.1 Å². The van der Waals surface area contributed by atoms with Gasteiger partial charge in [0.05, 0.1) is 0 Å². The predicted molar refractivity (Wildman–Crippen MR) is 124 cm³/mol. The van der Waals surface area contributed by atoms with Gasteiger partial charge in [-0.1, -0.05) is 44.0 Å². The van der Waals surface area contributed by atoms with Crippen molar-refractivity contribution in [3.8, 4) is 0 Å². The Morgan fingerprint density at radius 2 is 1.63 bits per heavy atom. The Bertz CT molecular complexity index is 850. The van der Waals surface area contributed by atoms with Crippen LogP contribution in [0.3, 0.4) is 0 Å². The predicted octanol–water partition coefficient (Wildman–Crippen LogP) is 7.19. The third-order valence-electron chi connectivity index (χ3n) is 10.2. The van der Waals surface area contributed by atoms with E-state index in [0.29, 0.717) is 29.2 Å². The standard InChI is InChI=1S/C26H35Cl2NO/c1-15-11-22-26(3,10-8-23(30)29(22)4)21-7-9-25(2)19(5-6-20(25)24(15)21)16-12-17(27)14-18(28)13-16/h12-15,19-22,24H,5-11H2,1-4H3/t15-,19+,20-,21-,22+,24-,25+,26+/m0/s1. The van der Waals surface area contributed by atoms with E-state index in [9.17, 15) is 4.79 Å². The largest absolute Gasteiger partial charge is 0.342 e. The molecule has 0 unspecified atom stereocenters. The highest BCUT2D eigenvalue weighted by molar-refractivity contribution is 6.34. The van der Waals surface area contributed by atoms with Crippen molar-refractivity contribution in [1.82, 2.24) is 4.90 Å². The number of fused-ring (bicyclic) bond motifs is 5. The van der Waals surface area contributed by atoms with Crippen LogP contribution >= 0.6 is 23.2 Å². The average molecular weight is 448 g/mol. The first-order valence-corrected chi connectivity index (χ1v) is 12.6. The molecule has 0 bridgehead atoms. The number of rotatable bonds is 1. The number of hydrogen-bond donors (Lipinski definition) is 0. The number of carbonyl (C=O) groups excluding carboxylic acids is 1. The highest BCUT2D eigenvalue weighted by Crippen LogP contribution is 2.69. The summed E-state index contributed by atoms with van der Waals surface area (Å²) < 4.78 is 0. The number of likely N-dealkylation sites (tertiary alicyclic amines) is 1. The summed E-state index contributed by atoms with van der Waals surface area (Å²) in [6.45, 7) is 7.54. The molecule has 1 aliphatic heterocycles. The maximum absolute atomic E-state index is 12.5. The zero-order valence-corrected chi connectivity index (χ0v) is 20.3. The zero-order chi connectivity index (χ0) is 21.4. The van der Waals surface area contributed by atoms with Crippen LogP contribution in [0.2, 0.25) is 10.0 Å². The lowest BCUT2D eigenvalue weighted by Gasteiger charge is -2.63. The molecular formula is C26H35Cl2NO. The lowest BCUT2D eigenvalue weighted by Crippen LogP contribution is -2.63. The molecule has 0 N–H and O–H groups in total. The summed E-state index contributed by atoms with van der Waals surface area (Å²) in [7, 11) is 2.05. The molecule has 164 valence electrons. The molecule has 0 spiro atoms. The summed E-state index contributed by atoms with van der Waals surface area (Å²) in [5.41, 5.74) is 1.94. The Balaban J connectivity index is 1.49. The first-order valence-electron chi connectivity index (χ1n) is 11.9. The molecule has 8 atom stereocenters. The molecular weight excluding hydrogens is 413 g/mol. The number of nitrogens with zero attached hydrogens (tertiary/aromatic N) is 1. The van der Waals surface area contributed by atoms with Crippen LogP contribution < -0.4 is 0 Å². The van der Waals surface area contributed by atoms with Crippen LogP contribution in [0, 0.1) is 34.5 Å². The highest BCUT2D eigenvalue weighted by atomic mass is 35.5. The number of piperidine rings is 1. The molecule has 5 rings (SSSR count). The van der Waals surface area contributed by atoms with Gasteiger partial charge in [-0.25, -0.2) is 0 Å². The second-order valence-corrected chi connectivity index (χ2v) is 12.3. The van der Waals surface area contributed by atoms with Gasteiger partial charge in [-0.15, -0.1) is 0 Å². The second kappa shape index (κ2) is 7.14. The van der Waals surface area contributed by atoms with Crippen LogP contribution in [-0.2, 0) is 4.79 Å². The molecule has 3 aliphatic carbocycles. The smallest absolute Gasteiger partial charge is 0.222 e. The molecule has 1 amide bonds. The SMILES string of the molecule is C[C@H]1C[C@H]2N(C)C(=O)CC[C@]2(C)[C@H]2CC[C@]3(C)[C@@H](c4cc(Cl)cc(Cl)c4)CC[C@H]3[C@H]12. The number of halogens is 2. The monoisotopic (exact) mass is 447 g/mol. The Kier molecular flexibility index (Phi) is 5.03. The fourth-order valence-corrected chi connectivity index (χ4v) is 9.33. The molecule has 0 aromatic heterocycles. The van der Waals surface area contributed by atoms with Crippen molar-refractivity contribution in [2.24, 2.45) is 34.5 Å². The Labute approximate surface area is 191 Å². The minimum absolute atomic E-state index is 0.276. The maximum Gasteiger partial charge on any atom is 0.222 e. The van der Waals surface area contributed by atoms with Crippen LogP contribution in [0.1, 0.15) is 77.2 Å². The van der Waals surface area contributed by atoms with E-state index in [2.05, 4.69) is 44.9 Å². The number of hydrogen-bond acceptors (Lipinski definition) is 1. The van der Waals surface area contributed by atoms with Crippen LogP contribution in [0.5, 0.6) is 0 Å². The normalized spacial score (nSPS) is 45.7. The Morgan fingerprint density at radius 3 is 2.33 bits per heavy atom. The van der Waals surface area contributed by atoms with Crippen molar-refractivity contribution in [2.75, 3.05) is 7.05 Å². The summed E-state index contributed by atoms with van der Waals surface area (Å²) in [5, 5.41) is 1.52. The van der Waals surface area contributed by atoms with Crippen LogP contribution in [0.15, 0.2) is 18.2 Å². The molecule has 1 aromatic carbocycles. The summed E-state index contributed by atoms with van der Waals surface area (Å²) in [6.07, 6.45) is 8.10. The van der Waals surface area contributed by atoms with Gasteiger partial charge in [0.25, 0.3) is 0 Å². The summed E-state index contributed by atoms with van der Waals surface area (Å²) >= 11 is 12.8. The highest BCUT2D eigenvalue weighted by Gasteiger charge is 2.62. The minimum Gasteiger partial charge on any atom is -0.342 e. The molecule has 1 heterocycles. The van der Waals surface area contributed by atoms with E-state index < -0.39 is 0 Å². The third kappa shape index (κ3) is 2.92. The summed E-state index contributed by atoms with van der Waals surface area (Å²) in [6, 6.07) is 6.58. The Hall–Kier alpha value is -0.730. The summed E-state index contributed by atoms with van der Waals surface area (Å²) in [4.78, 5) is 14.6. The molecule has 3 saturated carbocycles. The van der Waals surface area contributed by atoms with E-state index in [0.717, 1.165) is 40.6 Å². The molecule has 4 fully saturated rings. The van der Waals surface area contributed by atoms with Gasteiger partial charge in [-0.3, -0.25) is 4.79 Å². The number of benzene rings is 1. The summed E-state index contributed by atoms with van der Waals surface area (Å²) in [5.74, 6) is 3.84. The van der Waals surface area contributed by atoms with E-state index in [1.807, 2.05) is 6.07 Å². The van der Waals surface area contributed by atoms with E-state index in [1.165, 1.54) is 37.7 Å². The van der Waals surface area contributed by atoms with Gasteiger partial charge in [0.2, 0.25) is 5.91 Å². The van der Waals surface area contributed by atoms with Gasteiger partial charge in [0, 0.05) is 29.6 Å². The molecule has 30 heavy (non-hydrogen) atoms. The maximum atomic E-state index is 12.5.